The Labute approximate surface area is 86.5 Å². The Bertz CT molecular complexity index is 279. The maximum absolute atomic E-state index is 11.0. The third-order valence-corrected chi connectivity index (χ3v) is 2.32. The van der Waals surface area contributed by atoms with Gasteiger partial charge in [0, 0.05) is 23.3 Å². The van der Waals surface area contributed by atoms with Crippen molar-refractivity contribution in [2.75, 3.05) is 7.05 Å². The summed E-state index contributed by atoms with van der Waals surface area (Å²) >= 11 is 3.24. The number of allylic oxidation sites excluding steroid dienone is 2. The zero-order valence-corrected chi connectivity index (χ0v) is 9.31. The van der Waals surface area contributed by atoms with E-state index in [2.05, 4.69) is 27.8 Å². The number of carbonyl (C=O) groups is 1. The van der Waals surface area contributed by atoms with Crippen molar-refractivity contribution in [1.29, 1.82) is 0 Å². The Morgan fingerprint density at radius 1 is 1.62 bits per heavy atom. The number of rotatable bonds is 3. The molecule has 0 radical (unpaired) electrons. The molecule has 0 aromatic heterocycles. The topological polar surface area (TPSA) is 55.1 Å². The molecule has 4 heteroatoms. The molecule has 3 nitrogen and oxygen atoms in total. The number of halogens is 1. The fraction of sp³-hybridized carbons (Fsp3) is 0.222. The van der Waals surface area contributed by atoms with Gasteiger partial charge in [0.05, 0.1) is 0 Å². The molecule has 0 saturated heterocycles. The van der Waals surface area contributed by atoms with Crippen LogP contribution in [0.4, 0.5) is 0 Å². The maximum Gasteiger partial charge on any atom is 0.250 e. The van der Waals surface area contributed by atoms with Crippen molar-refractivity contribution in [3.63, 3.8) is 0 Å². The quantitative estimate of drug-likeness (QED) is 0.583. The number of amides is 1. The van der Waals surface area contributed by atoms with E-state index in [4.69, 9.17) is 5.73 Å². The first-order valence-electron chi connectivity index (χ1n) is 3.70. The van der Waals surface area contributed by atoms with Crippen molar-refractivity contribution < 1.29 is 4.79 Å². The van der Waals surface area contributed by atoms with Crippen molar-refractivity contribution in [2.45, 2.75) is 6.92 Å². The minimum Gasteiger partial charge on any atom is -0.404 e. The molecule has 0 fully saturated rings. The molecular weight excluding hydrogens is 232 g/mol. The number of hydrogen-bond donors (Lipinski definition) is 2. The first-order valence-corrected chi connectivity index (χ1v) is 4.49. The molecule has 0 unspecified atom stereocenters. The molecule has 0 aliphatic carbocycles. The lowest BCUT2D eigenvalue weighted by molar-refractivity contribution is -0.116. The largest absolute Gasteiger partial charge is 0.404 e. The van der Waals surface area contributed by atoms with Crippen LogP contribution < -0.4 is 11.1 Å². The molecule has 3 N–H and O–H groups in total. The van der Waals surface area contributed by atoms with E-state index in [1.807, 2.05) is 6.92 Å². The van der Waals surface area contributed by atoms with E-state index >= 15 is 0 Å². The van der Waals surface area contributed by atoms with Crippen LogP contribution in [-0.2, 0) is 4.79 Å². The Morgan fingerprint density at radius 2 is 2.15 bits per heavy atom. The molecule has 1 amide bonds. The van der Waals surface area contributed by atoms with Gasteiger partial charge in [-0.2, -0.15) is 0 Å². The summed E-state index contributed by atoms with van der Waals surface area (Å²) in [6.07, 6.45) is 3.08. The summed E-state index contributed by atoms with van der Waals surface area (Å²) in [5.41, 5.74) is 6.54. The van der Waals surface area contributed by atoms with Gasteiger partial charge in [0.15, 0.2) is 0 Å². The molecule has 0 aliphatic rings. The second-order valence-corrected chi connectivity index (χ2v) is 3.30. The number of nitrogens with two attached hydrogens (primary N) is 1. The van der Waals surface area contributed by atoms with Gasteiger partial charge in [0.25, 0.3) is 0 Å². The molecule has 13 heavy (non-hydrogen) atoms. The summed E-state index contributed by atoms with van der Waals surface area (Å²) < 4.78 is 0.748. The smallest absolute Gasteiger partial charge is 0.250 e. The molecule has 72 valence electrons. The predicted molar refractivity (Wildman–Crippen MR) is 58.2 cm³/mol. The second kappa shape index (κ2) is 5.59. The second-order valence-electron chi connectivity index (χ2n) is 2.45. The molecule has 0 aromatic carbocycles. The van der Waals surface area contributed by atoms with Gasteiger partial charge in [-0.25, -0.2) is 0 Å². The highest BCUT2D eigenvalue weighted by Crippen LogP contribution is 2.16. The zero-order chi connectivity index (χ0) is 10.4. The van der Waals surface area contributed by atoms with E-state index in [1.54, 1.807) is 13.1 Å². The van der Waals surface area contributed by atoms with E-state index in [-0.39, 0.29) is 5.91 Å². The number of hydrogen-bond acceptors (Lipinski definition) is 2. The van der Waals surface area contributed by atoms with Crippen LogP contribution in [0.5, 0.6) is 0 Å². The Hall–Kier alpha value is -1.03. The molecule has 0 aromatic rings. The van der Waals surface area contributed by atoms with Crippen LogP contribution in [0.3, 0.4) is 0 Å². The summed E-state index contributed by atoms with van der Waals surface area (Å²) in [5, 5.41) is 2.48. The summed E-state index contributed by atoms with van der Waals surface area (Å²) in [6.45, 7) is 5.44. The molecule has 0 spiro atoms. The highest BCUT2D eigenvalue weighted by molar-refractivity contribution is 9.11. The first kappa shape index (κ1) is 12.0. The summed E-state index contributed by atoms with van der Waals surface area (Å²) in [6, 6.07) is 0. The van der Waals surface area contributed by atoms with Gasteiger partial charge >= 0.3 is 0 Å². The van der Waals surface area contributed by atoms with Crippen LogP contribution in [-0.4, -0.2) is 13.0 Å². The highest BCUT2D eigenvalue weighted by Gasteiger charge is 2.02. The molecule has 0 aliphatic heterocycles. The van der Waals surface area contributed by atoms with Gasteiger partial charge in [-0.15, -0.1) is 0 Å². The van der Waals surface area contributed by atoms with Gasteiger partial charge in [-0.3, -0.25) is 4.79 Å². The average Bonchev–Trinajstić information content (AvgIpc) is 2.14. The summed E-state index contributed by atoms with van der Waals surface area (Å²) in [7, 11) is 1.56. The molecule has 0 rings (SSSR count). The Kier molecular flexibility index (Phi) is 5.14. The van der Waals surface area contributed by atoms with Crippen LogP contribution in [0.2, 0.25) is 0 Å². The van der Waals surface area contributed by atoms with E-state index in [0.717, 1.165) is 10.1 Å². The van der Waals surface area contributed by atoms with E-state index in [0.29, 0.717) is 5.57 Å². The van der Waals surface area contributed by atoms with E-state index in [1.165, 1.54) is 6.20 Å². The SMILES string of the molecule is C=C(/C=C(C)\C(Br)=C/N)C(=O)NC. The van der Waals surface area contributed by atoms with Crippen LogP contribution in [0, 0.1) is 0 Å². The van der Waals surface area contributed by atoms with Gasteiger partial charge in [0.1, 0.15) is 0 Å². The normalized spacial score (nSPS) is 12.5. The highest BCUT2D eigenvalue weighted by atomic mass is 79.9. The third-order valence-electron chi connectivity index (χ3n) is 1.43. The average molecular weight is 245 g/mol. The molecule has 0 bridgehead atoms. The van der Waals surface area contributed by atoms with Crippen molar-refractivity contribution in [3.05, 3.63) is 34.5 Å². The number of likely N-dealkylation sites (N-methyl/N-ethyl adjacent to an activating group) is 1. The van der Waals surface area contributed by atoms with Crippen molar-refractivity contribution in [3.8, 4) is 0 Å². The lowest BCUT2D eigenvalue weighted by Crippen LogP contribution is -2.18. The Balaban J connectivity index is 4.58. The maximum atomic E-state index is 11.0. The van der Waals surface area contributed by atoms with Gasteiger partial charge in [-0.05, 0) is 34.5 Å². The van der Waals surface area contributed by atoms with E-state index in [9.17, 15) is 4.79 Å². The van der Waals surface area contributed by atoms with Crippen LogP contribution in [0.1, 0.15) is 6.92 Å². The standard InChI is InChI=1S/C9H13BrN2O/c1-6(8(10)5-11)4-7(2)9(13)12-3/h4-5H,2,11H2,1,3H3,(H,12,13)/b6-4-,8-5+. The molecule has 0 heterocycles. The van der Waals surface area contributed by atoms with Gasteiger partial charge in [0.2, 0.25) is 5.91 Å². The molecule has 0 atom stereocenters. The third kappa shape index (κ3) is 3.94. The van der Waals surface area contributed by atoms with Crippen LogP contribution >= 0.6 is 15.9 Å². The fourth-order valence-electron chi connectivity index (χ4n) is 0.688. The van der Waals surface area contributed by atoms with Crippen molar-refractivity contribution in [1.82, 2.24) is 5.32 Å². The first-order chi connectivity index (χ1) is 6.02. The van der Waals surface area contributed by atoms with Gasteiger partial charge in [-0.1, -0.05) is 6.58 Å². The van der Waals surface area contributed by atoms with Gasteiger partial charge < -0.3 is 11.1 Å². The number of carbonyl (C=O) groups excluding carboxylic acids is 1. The van der Waals surface area contributed by atoms with Crippen molar-refractivity contribution in [2.24, 2.45) is 5.73 Å². The number of nitrogens with one attached hydrogen (secondary N) is 1. The minimum absolute atomic E-state index is 0.198. The van der Waals surface area contributed by atoms with E-state index < -0.39 is 0 Å². The van der Waals surface area contributed by atoms with Crippen LogP contribution in [0.25, 0.3) is 0 Å². The Morgan fingerprint density at radius 3 is 2.54 bits per heavy atom. The fourth-order valence-corrected chi connectivity index (χ4v) is 0.802. The summed E-state index contributed by atoms with van der Waals surface area (Å²) in [5.74, 6) is -0.198. The lowest BCUT2D eigenvalue weighted by Gasteiger charge is -2.01. The monoisotopic (exact) mass is 244 g/mol. The van der Waals surface area contributed by atoms with Crippen molar-refractivity contribution >= 4 is 21.8 Å². The van der Waals surface area contributed by atoms with Crippen LogP contribution in [0.15, 0.2) is 34.5 Å². The molecule has 0 saturated carbocycles. The zero-order valence-electron chi connectivity index (χ0n) is 7.73. The molecular formula is C9H13BrN2O. The minimum atomic E-state index is -0.198. The predicted octanol–water partition coefficient (Wildman–Crippen LogP) is 1.43. The lowest BCUT2D eigenvalue weighted by atomic mass is 10.2. The summed E-state index contributed by atoms with van der Waals surface area (Å²) in [4.78, 5) is 11.0.